The first-order valence-corrected chi connectivity index (χ1v) is 12.1. The van der Waals surface area contributed by atoms with Gasteiger partial charge in [0.25, 0.3) is 0 Å². The molecule has 0 radical (unpaired) electrons. The monoisotopic (exact) mass is 435 g/mol. The minimum Gasteiger partial charge on any atom is -0.497 e. The molecule has 3 aliphatic heterocycles. The Morgan fingerprint density at radius 3 is 2.53 bits per heavy atom. The van der Waals surface area contributed by atoms with Crippen LogP contribution in [0.4, 0.5) is 15.8 Å². The lowest BCUT2D eigenvalue weighted by atomic mass is 9.96. The molecular weight excluding hydrogens is 401 g/mol. The molecule has 5 heteroatoms. The van der Waals surface area contributed by atoms with Gasteiger partial charge >= 0.3 is 0 Å². The molecule has 0 bridgehead atoms. The van der Waals surface area contributed by atoms with Gasteiger partial charge in [0.05, 0.1) is 12.8 Å². The first kappa shape index (κ1) is 21.3. The van der Waals surface area contributed by atoms with Crippen molar-refractivity contribution in [2.45, 2.75) is 44.6 Å². The molecule has 5 rings (SSSR count). The van der Waals surface area contributed by atoms with Crippen LogP contribution in [0.15, 0.2) is 43.0 Å². The minimum atomic E-state index is -0.132. The van der Waals surface area contributed by atoms with Gasteiger partial charge in [-0.3, -0.25) is 4.90 Å². The predicted molar refractivity (Wildman–Crippen MR) is 130 cm³/mol. The van der Waals surface area contributed by atoms with Gasteiger partial charge in [0.2, 0.25) is 0 Å². The van der Waals surface area contributed by atoms with Crippen LogP contribution >= 0.6 is 0 Å². The van der Waals surface area contributed by atoms with E-state index >= 15 is 4.39 Å². The molecule has 0 aromatic heterocycles. The number of hydrogen-bond donors (Lipinski definition) is 0. The third kappa shape index (κ3) is 4.11. The van der Waals surface area contributed by atoms with E-state index < -0.39 is 0 Å². The second kappa shape index (κ2) is 9.14. The summed E-state index contributed by atoms with van der Waals surface area (Å²) in [7, 11) is 1.69. The Hall–Kier alpha value is -2.53. The molecule has 1 unspecified atom stereocenters. The number of hydrogen-bond acceptors (Lipinski definition) is 4. The molecule has 170 valence electrons. The Labute approximate surface area is 191 Å². The van der Waals surface area contributed by atoms with Gasteiger partial charge in [0.15, 0.2) is 0 Å². The fraction of sp³-hybridized carbons (Fsp3) is 0.481. The predicted octanol–water partition coefficient (Wildman–Crippen LogP) is 5.32. The van der Waals surface area contributed by atoms with Gasteiger partial charge in [0.1, 0.15) is 11.6 Å². The Balaban J connectivity index is 1.30. The number of nitrogens with zero attached hydrogens (tertiary/aromatic N) is 3. The molecule has 0 amide bonds. The van der Waals surface area contributed by atoms with Crippen molar-refractivity contribution < 1.29 is 9.13 Å². The number of methoxy groups -OCH3 is 1. The van der Waals surface area contributed by atoms with Crippen LogP contribution in [0.25, 0.3) is 5.70 Å². The molecular formula is C27H34FN3O. The van der Waals surface area contributed by atoms with Gasteiger partial charge in [-0.25, -0.2) is 4.39 Å². The topological polar surface area (TPSA) is 19.0 Å². The average molecular weight is 436 g/mol. The van der Waals surface area contributed by atoms with Crippen molar-refractivity contribution in [3.05, 3.63) is 59.9 Å². The summed E-state index contributed by atoms with van der Waals surface area (Å²) in [6.07, 6.45) is 7.32. The van der Waals surface area contributed by atoms with Crippen molar-refractivity contribution in [1.82, 2.24) is 4.90 Å². The van der Waals surface area contributed by atoms with Crippen molar-refractivity contribution in [2.24, 2.45) is 0 Å². The number of rotatable bonds is 4. The van der Waals surface area contributed by atoms with E-state index in [2.05, 4.69) is 39.5 Å². The van der Waals surface area contributed by atoms with Gasteiger partial charge in [0, 0.05) is 42.6 Å². The molecule has 0 aliphatic carbocycles. The van der Waals surface area contributed by atoms with Crippen LogP contribution in [0, 0.1) is 5.82 Å². The van der Waals surface area contributed by atoms with E-state index in [0.29, 0.717) is 6.04 Å². The van der Waals surface area contributed by atoms with Crippen LogP contribution in [-0.4, -0.2) is 50.8 Å². The van der Waals surface area contributed by atoms with Crippen molar-refractivity contribution in [1.29, 1.82) is 0 Å². The van der Waals surface area contributed by atoms with E-state index in [9.17, 15) is 0 Å². The Kier molecular flexibility index (Phi) is 6.09. The third-order valence-corrected chi connectivity index (χ3v) is 7.46. The summed E-state index contributed by atoms with van der Waals surface area (Å²) in [6, 6.07) is 12.4. The van der Waals surface area contributed by atoms with Crippen molar-refractivity contribution in [3.63, 3.8) is 0 Å². The number of anilines is 2. The Morgan fingerprint density at radius 1 is 0.969 bits per heavy atom. The number of benzene rings is 2. The molecule has 2 saturated heterocycles. The summed E-state index contributed by atoms with van der Waals surface area (Å²) in [4.78, 5) is 7.01. The number of halogens is 1. The lowest BCUT2D eigenvalue weighted by Crippen LogP contribution is -2.38. The Morgan fingerprint density at radius 2 is 1.78 bits per heavy atom. The maximum atomic E-state index is 15.3. The van der Waals surface area contributed by atoms with E-state index in [1.807, 2.05) is 12.1 Å². The van der Waals surface area contributed by atoms with Crippen LogP contribution in [-0.2, 0) is 6.42 Å². The standard InChI is InChI=1S/C27H34FN3O/c1-20-25-9-8-24(32-2)17-21(25)11-16-31(20)22-7-10-27(26(28)18-22)30-15-12-23(19-30)29-13-5-3-4-6-14-29/h7-10,17-18,23H,1,3-6,11-16,19H2,2H3. The molecule has 0 N–H and O–H groups in total. The third-order valence-electron chi connectivity index (χ3n) is 7.46. The first-order chi connectivity index (χ1) is 15.6. The van der Waals surface area contributed by atoms with Gasteiger partial charge in [-0.15, -0.1) is 0 Å². The van der Waals surface area contributed by atoms with Gasteiger partial charge in [-0.1, -0.05) is 19.4 Å². The largest absolute Gasteiger partial charge is 0.497 e. The summed E-state index contributed by atoms with van der Waals surface area (Å²) in [6.45, 7) is 9.37. The van der Waals surface area contributed by atoms with Crippen molar-refractivity contribution in [3.8, 4) is 5.75 Å². The molecule has 0 spiro atoms. The minimum absolute atomic E-state index is 0.132. The zero-order chi connectivity index (χ0) is 22.1. The molecule has 2 fully saturated rings. The lowest BCUT2D eigenvalue weighted by Gasteiger charge is -2.33. The maximum Gasteiger partial charge on any atom is 0.148 e. The highest BCUT2D eigenvalue weighted by molar-refractivity contribution is 5.82. The zero-order valence-corrected chi connectivity index (χ0v) is 19.2. The van der Waals surface area contributed by atoms with Crippen molar-refractivity contribution >= 4 is 17.1 Å². The highest BCUT2D eigenvalue weighted by Crippen LogP contribution is 2.36. The fourth-order valence-electron chi connectivity index (χ4n) is 5.62. The smallest absolute Gasteiger partial charge is 0.148 e. The molecule has 4 nitrogen and oxygen atoms in total. The highest BCUT2D eigenvalue weighted by atomic mass is 19.1. The molecule has 1 atom stereocenters. The quantitative estimate of drug-likeness (QED) is 0.647. The molecule has 2 aromatic carbocycles. The first-order valence-electron chi connectivity index (χ1n) is 12.1. The summed E-state index contributed by atoms with van der Waals surface area (Å²) in [5, 5.41) is 0. The van der Waals surface area contributed by atoms with Gasteiger partial charge in [-0.05, 0) is 80.7 Å². The highest BCUT2D eigenvalue weighted by Gasteiger charge is 2.30. The molecule has 2 aromatic rings. The molecule has 3 aliphatic rings. The summed E-state index contributed by atoms with van der Waals surface area (Å²) < 4.78 is 20.6. The van der Waals surface area contributed by atoms with Crippen LogP contribution in [0.2, 0.25) is 0 Å². The zero-order valence-electron chi connectivity index (χ0n) is 19.2. The summed E-state index contributed by atoms with van der Waals surface area (Å²) in [5.41, 5.74) is 4.88. The van der Waals surface area contributed by atoms with Gasteiger partial charge in [-0.2, -0.15) is 0 Å². The number of likely N-dealkylation sites (tertiary alicyclic amines) is 1. The maximum absolute atomic E-state index is 15.3. The Bertz CT molecular complexity index is 983. The molecule has 3 heterocycles. The summed E-state index contributed by atoms with van der Waals surface area (Å²) in [5.74, 6) is 0.733. The SMILES string of the molecule is C=C1c2ccc(OC)cc2CCN1c1ccc(N2CCC(N3CCCCCC3)C2)c(F)c1. The number of fused-ring (bicyclic) bond motifs is 1. The van der Waals surface area contributed by atoms with Crippen LogP contribution in [0.3, 0.4) is 0 Å². The van der Waals surface area contributed by atoms with E-state index in [-0.39, 0.29) is 5.82 Å². The van der Waals surface area contributed by atoms with Gasteiger partial charge < -0.3 is 14.5 Å². The number of ether oxygens (including phenoxy) is 1. The fourth-order valence-corrected chi connectivity index (χ4v) is 5.62. The second-order valence-electron chi connectivity index (χ2n) is 9.35. The summed E-state index contributed by atoms with van der Waals surface area (Å²) >= 11 is 0. The normalized spacial score (nSPS) is 22.1. The van der Waals surface area contributed by atoms with E-state index in [0.717, 1.165) is 60.9 Å². The van der Waals surface area contributed by atoms with E-state index in [1.165, 1.54) is 44.3 Å². The molecule has 0 saturated carbocycles. The van der Waals surface area contributed by atoms with Crippen LogP contribution in [0.1, 0.15) is 43.2 Å². The average Bonchev–Trinajstić information content (AvgIpc) is 3.13. The van der Waals surface area contributed by atoms with Crippen LogP contribution < -0.4 is 14.5 Å². The lowest BCUT2D eigenvalue weighted by molar-refractivity contribution is 0.218. The van der Waals surface area contributed by atoms with Crippen molar-refractivity contribution in [2.75, 3.05) is 49.6 Å². The van der Waals surface area contributed by atoms with Crippen LogP contribution in [0.5, 0.6) is 5.75 Å². The van der Waals surface area contributed by atoms with E-state index in [1.54, 1.807) is 13.2 Å². The molecule has 32 heavy (non-hydrogen) atoms. The second-order valence-corrected chi connectivity index (χ2v) is 9.35. The van der Waals surface area contributed by atoms with E-state index in [4.69, 9.17) is 4.74 Å².